The zero-order chi connectivity index (χ0) is 8.97. The van der Waals surface area contributed by atoms with Crippen LogP contribution in [0.1, 0.15) is 16.1 Å². The summed E-state index contributed by atoms with van der Waals surface area (Å²) in [5.74, 6) is -0.370. The van der Waals surface area contributed by atoms with E-state index in [0.29, 0.717) is 5.56 Å². The summed E-state index contributed by atoms with van der Waals surface area (Å²) < 4.78 is 0. The highest BCUT2D eigenvalue weighted by Gasteiger charge is 2.01. The predicted octanol–water partition coefficient (Wildman–Crippen LogP) is 0.517. The Hall–Kier alpha value is -1.71. The number of pyridine rings is 1. The van der Waals surface area contributed by atoms with Crippen molar-refractivity contribution in [2.24, 2.45) is 10.7 Å². The average molecular weight is 163 g/mol. The number of rotatable bonds is 1. The molecule has 0 unspecified atom stereocenters. The summed E-state index contributed by atoms with van der Waals surface area (Å²) in [6.45, 7) is 1.85. The van der Waals surface area contributed by atoms with Gasteiger partial charge in [-0.1, -0.05) is 0 Å². The first kappa shape index (κ1) is 8.39. The molecule has 0 spiro atoms. The van der Waals surface area contributed by atoms with E-state index in [1.54, 1.807) is 12.1 Å². The highest BCUT2D eigenvalue weighted by molar-refractivity contribution is 5.98. The first-order chi connectivity index (χ1) is 5.74. The Labute approximate surface area is 70.1 Å². The Kier molecular flexibility index (Phi) is 2.53. The average Bonchev–Trinajstić information content (AvgIpc) is 2.06. The van der Waals surface area contributed by atoms with Crippen molar-refractivity contribution >= 4 is 12.2 Å². The number of hydrogen-bond acceptors (Lipinski definition) is 2. The molecular weight excluding hydrogens is 154 g/mol. The van der Waals surface area contributed by atoms with Crippen LogP contribution in [0.2, 0.25) is 0 Å². The molecule has 0 aromatic carbocycles. The number of hydrogen-bond donors (Lipinski definition) is 1. The Morgan fingerprint density at radius 3 is 2.92 bits per heavy atom. The Balaban J connectivity index is 2.90. The maximum Gasteiger partial charge on any atom is 0.279 e. The first-order valence-electron chi connectivity index (χ1n) is 3.45. The minimum absolute atomic E-state index is 0.370. The van der Waals surface area contributed by atoms with Gasteiger partial charge in [0, 0.05) is 11.9 Å². The van der Waals surface area contributed by atoms with Gasteiger partial charge in [0.2, 0.25) is 0 Å². The smallest absolute Gasteiger partial charge is 0.279 e. The predicted molar refractivity (Wildman–Crippen MR) is 46.0 cm³/mol. The maximum absolute atomic E-state index is 11.0. The molecule has 0 saturated heterocycles. The van der Waals surface area contributed by atoms with Crippen molar-refractivity contribution in [2.75, 3.05) is 0 Å². The molecule has 0 aliphatic heterocycles. The number of carbonyl (C=O) groups excluding carboxylic acids is 1. The molecule has 0 aliphatic rings. The fourth-order valence-corrected chi connectivity index (χ4v) is 0.737. The maximum atomic E-state index is 11.0. The van der Waals surface area contributed by atoms with Gasteiger partial charge in [0.1, 0.15) is 0 Å². The van der Waals surface area contributed by atoms with Crippen LogP contribution in [0.3, 0.4) is 0 Å². The molecule has 0 atom stereocenters. The van der Waals surface area contributed by atoms with E-state index in [9.17, 15) is 4.79 Å². The number of aliphatic imine (C=N–C) groups is 1. The van der Waals surface area contributed by atoms with Crippen LogP contribution in [0.5, 0.6) is 0 Å². The normalized spacial score (nSPS) is 10.4. The molecule has 1 heterocycles. The summed E-state index contributed by atoms with van der Waals surface area (Å²) in [6.07, 6.45) is 2.45. The summed E-state index contributed by atoms with van der Waals surface area (Å²) in [4.78, 5) is 18.4. The third-order valence-electron chi connectivity index (χ3n) is 1.35. The van der Waals surface area contributed by atoms with Gasteiger partial charge in [0.15, 0.2) is 0 Å². The molecule has 0 aliphatic carbocycles. The molecule has 1 amide bonds. The number of carbonyl (C=O) groups is 1. The van der Waals surface area contributed by atoms with Crippen LogP contribution >= 0.6 is 0 Å². The van der Waals surface area contributed by atoms with E-state index in [-0.39, 0.29) is 5.91 Å². The zero-order valence-corrected chi connectivity index (χ0v) is 6.69. The lowest BCUT2D eigenvalue weighted by molar-refractivity contribution is 0.100. The van der Waals surface area contributed by atoms with Gasteiger partial charge in [0.05, 0.1) is 11.9 Å². The lowest BCUT2D eigenvalue weighted by Crippen LogP contribution is -1.99. The molecule has 0 saturated carbocycles. The van der Waals surface area contributed by atoms with E-state index < -0.39 is 0 Å². The van der Waals surface area contributed by atoms with Crippen LogP contribution in [-0.4, -0.2) is 17.2 Å². The lowest BCUT2D eigenvalue weighted by atomic mass is 10.2. The van der Waals surface area contributed by atoms with Crippen molar-refractivity contribution < 1.29 is 4.79 Å². The third-order valence-corrected chi connectivity index (χ3v) is 1.35. The van der Waals surface area contributed by atoms with E-state index in [2.05, 4.69) is 9.98 Å². The van der Waals surface area contributed by atoms with Gasteiger partial charge in [-0.3, -0.25) is 9.78 Å². The second-order valence-electron chi connectivity index (χ2n) is 2.27. The first-order valence-corrected chi connectivity index (χ1v) is 3.45. The van der Waals surface area contributed by atoms with Crippen molar-refractivity contribution in [3.63, 3.8) is 0 Å². The van der Waals surface area contributed by atoms with Crippen molar-refractivity contribution in [3.05, 3.63) is 29.6 Å². The molecule has 4 nitrogen and oxygen atoms in total. The van der Waals surface area contributed by atoms with E-state index in [1.165, 1.54) is 6.20 Å². The zero-order valence-electron chi connectivity index (χ0n) is 6.69. The van der Waals surface area contributed by atoms with Gasteiger partial charge in [-0.15, -0.1) is 0 Å². The monoisotopic (exact) mass is 163 g/mol. The lowest BCUT2D eigenvalue weighted by Gasteiger charge is -1.93. The molecule has 62 valence electrons. The fourth-order valence-electron chi connectivity index (χ4n) is 0.737. The van der Waals surface area contributed by atoms with Crippen molar-refractivity contribution in [1.29, 1.82) is 0 Å². The van der Waals surface area contributed by atoms with Crippen molar-refractivity contribution in [3.8, 4) is 0 Å². The summed E-state index contributed by atoms with van der Waals surface area (Å²) in [6, 6.07) is 3.41. The topological polar surface area (TPSA) is 68.3 Å². The molecule has 0 fully saturated rings. The van der Waals surface area contributed by atoms with E-state index >= 15 is 0 Å². The number of aromatic nitrogens is 1. The van der Waals surface area contributed by atoms with Crippen LogP contribution in [0.15, 0.2) is 23.3 Å². The number of nitrogens with two attached hydrogens (primary N) is 1. The standard InChI is InChI=1S/C8H9N3O/c1-6-2-3-7(4-10-6)8(12)11-5-9/h2-5H,1H3,(H2,9,11,12). The number of amides is 1. The highest BCUT2D eigenvalue weighted by Crippen LogP contribution is 2.00. The Bertz CT molecular complexity index is 303. The van der Waals surface area contributed by atoms with Crippen molar-refractivity contribution in [1.82, 2.24) is 4.98 Å². The van der Waals surface area contributed by atoms with Gasteiger partial charge < -0.3 is 5.73 Å². The quantitative estimate of drug-likeness (QED) is 0.484. The second-order valence-corrected chi connectivity index (χ2v) is 2.27. The molecule has 4 heteroatoms. The summed E-state index contributed by atoms with van der Waals surface area (Å²) >= 11 is 0. The molecule has 2 N–H and O–H groups in total. The summed E-state index contributed by atoms with van der Waals surface area (Å²) in [5, 5.41) is 0. The summed E-state index contributed by atoms with van der Waals surface area (Å²) in [5.41, 5.74) is 6.27. The van der Waals surface area contributed by atoms with Crippen molar-refractivity contribution in [2.45, 2.75) is 6.92 Å². The van der Waals surface area contributed by atoms with Gasteiger partial charge in [0.25, 0.3) is 5.91 Å². The molecule has 0 radical (unpaired) electrons. The summed E-state index contributed by atoms with van der Waals surface area (Å²) in [7, 11) is 0. The number of nitrogens with zero attached hydrogens (tertiary/aromatic N) is 2. The third kappa shape index (κ3) is 1.88. The van der Waals surface area contributed by atoms with Crippen LogP contribution in [0.25, 0.3) is 0 Å². The molecule has 12 heavy (non-hydrogen) atoms. The molecular formula is C8H9N3O. The van der Waals surface area contributed by atoms with Crippen LogP contribution in [0.4, 0.5) is 0 Å². The Morgan fingerprint density at radius 2 is 2.42 bits per heavy atom. The molecule has 1 rings (SSSR count). The van der Waals surface area contributed by atoms with Gasteiger partial charge in [-0.25, -0.2) is 0 Å². The van der Waals surface area contributed by atoms with Crippen LogP contribution < -0.4 is 5.73 Å². The van der Waals surface area contributed by atoms with E-state index in [4.69, 9.17) is 5.73 Å². The minimum Gasteiger partial charge on any atom is -0.390 e. The fraction of sp³-hybridized carbons (Fsp3) is 0.125. The largest absolute Gasteiger partial charge is 0.390 e. The molecule has 0 bridgehead atoms. The van der Waals surface area contributed by atoms with Gasteiger partial charge in [-0.2, -0.15) is 4.99 Å². The van der Waals surface area contributed by atoms with Crippen LogP contribution in [0, 0.1) is 6.92 Å². The number of aryl methyl sites for hydroxylation is 1. The van der Waals surface area contributed by atoms with Crippen LogP contribution in [-0.2, 0) is 0 Å². The molecule has 1 aromatic rings. The molecule has 1 aromatic heterocycles. The minimum atomic E-state index is -0.370. The van der Waals surface area contributed by atoms with E-state index in [0.717, 1.165) is 12.0 Å². The van der Waals surface area contributed by atoms with Gasteiger partial charge >= 0.3 is 0 Å². The highest BCUT2D eigenvalue weighted by atomic mass is 16.1. The Morgan fingerprint density at radius 1 is 1.67 bits per heavy atom. The van der Waals surface area contributed by atoms with Gasteiger partial charge in [-0.05, 0) is 19.1 Å². The SMILES string of the molecule is Cc1ccc(C(=O)N=CN)cn1. The van der Waals surface area contributed by atoms with E-state index in [1.807, 2.05) is 6.92 Å². The second kappa shape index (κ2) is 3.61.